The number of carbonyl (C=O) groups is 2. The van der Waals surface area contributed by atoms with Gasteiger partial charge in [-0.2, -0.15) is 0 Å². The molecule has 2 amide bonds. The minimum atomic E-state index is -0.389. The highest BCUT2D eigenvalue weighted by molar-refractivity contribution is 9.11. The summed E-state index contributed by atoms with van der Waals surface area (Å²) in [5.41, 5.74) is 2.04. The van der Waals surface area contributed by atoms with Crippen molar-refractivity contribution in [3.63, 3.8) is 0 Å². The van der Waals surface area contributed by atoms with Crippen LogP contribution in [0.5, 0.6) is 5.75 Å². The molecule has 0 bridgehead atoms. The van der Waals surface area contributed by atoms with Crippen LogP contribution < -0.4 is 20.7 Å². The average molecular weight is 569 g/mol. The number of amides is 2. The van der Waals surface area contributed by atoms with Crippen LogP contribution in [0, 0.1) is 0 Å². The van der Waals surface area contributed by atoms with Crippen molar-refractivity contribution < 1.29 is 14.3 Å². The van der Waals surface area contributed by atoms with E-state index in [-0.39, 0.29) is 16.9 Å². The van der Waals surface area contributed by atoms with Gasteiger partial charge in [-0.05, 0) is 71.0 Å². The molecule has 0 aliphatic heterocycles. The Bertz CT molecular complexity index is 996. The van der Waals surface area contributed by atoms with Crippen LogP contribution in [-0.4, -0.2) is 24.0 Å². The Labute approximate surface area is 204 Å². The van der Waals surface area contributed by atoms with Crippen LogP contribution in [-0.2, 0) is 9.59 Å². The molecule has 0 unspecified atom stereocenters. The topological polar surface area (TPSA) is 79.5 Å². The van der Waals surface area contributed by atoms with Gasteiger partial charge < -0.3 is 15.4 Å². The van der Waals surface area contributed by atoms with Crippen molar-refractivity contribution in [1.82, 2.24) is 5.32 Å². The van der Waals surface area contributed by atoms with E-state index in [1.165, 1.54) is 6.08 Å². The van der Waals surface area contributed by atoms with E-state index in [9.17, 15) is 9.59 Å². The number of hydrogen-bond donors (Lipinski definition) is 3. The lowest BCUT2D eigenvalue weighted by atomic mass is 10.2. The van der Waals surface area contributed by atoms with Gasteiger partial charge in [0.15, 0.2) is 5.11 Å². The molecule has 0 aliphatic rings. The lowest BCUT2D eigenvalue weighted by Gasteiger charge is -2.11. The molecule has 0 aliphatic carbocycles. The third kappa shape index (κ3) is 8.43. The van der Waals surface area contributed by atoms with E-state index in [2.05, 4.69) is 47.8 Å². The molecule has 9 heteroatoms. The number of methoxy groups -OCH3 is 1. The van der Waals surface area contributed by atoms with E-state index < -0.39 is 0 Å². The van der Waals surface area contributed by atoms with Gasteiger partial charge in [0.25, 0.3) is 0 Å². The van der Waals surface area contributed by atoms with Gasteiger partial charge in [-0.15, -0.1) is 0 Å². The number of nitrogens with one attached hydrogen (secondary N) is 3. The van der Waals surface area contributed by atoms with Gasteiger partial charge >= 0.3 is 0 Å². The summed E-state index contributed by atoms with van der Waals surface area (Å²) in [5, 5.41) is 8.53. The van der Waals surface area contributed by atoms with Crippen molar-refractivity contribution >= 4 is 78.5 Å². The first-order valence-electron chi connectivity index (χ1n) is 9.55. The Morgan fingerprint density at radius 1 is 1.13 bits per heavy atom. The molecule has 0 saturated heterocycles. The van der Waals surface area contributed by atoms with Crippen LogP contribution in [0.2, 0.25) is 0 Å². The lowest BCUT2D eigenvalue weighted by Crippen LogP contribution is -2.32. The SMILES string of the molecule is CCCCC(=O)Nc1cccc(NC(=S)NC(=O)C=Cc2cc(Br)cc(Br)c2OC)c1. The van der Waals surface area contributed by atoms with Crippen molar-refractivity contribution in [1.29, 1.82) is 0 Å². The molecule has 0 atom stereocenters. The highest BCUT2D eigenvalue weighted by Crippen LogP contribution is 2.33. The zero-order valence-electron chi connectivity index (χ0n) is 17.1. The van der Waals surface area contributed by atoms with Crippen LogP contribution in [0.1, 0.15) is 31.7 Å². The standard InChI is InChI=1S/C22H23Br2N3O3S/c1-3-4-8-19(28)25-16-6-5-7-17(13-16)26-22(31)27-20(29)10-9-14-11-15(23)12-18(24)21(14)30-2/h5-7,9-13H,3-4,8H2,1-2H3,(H,25,28)(H2,26,27,29,31). The summed E-state index contributed by atoms with van der Waals surface area (Å²) >= 11 is 12.1. The van der Waals surface area contributed by atoms with Gasteiger partial charge in [0, 0.05) is 33.9 Å². The number of thiocarbonyl (C=S) groups is 1. The third-order valence-corrected chi connectivity index (χ3v) is 5.30. The quantitative estimate of drug-likeness (QED) is 0.274. The second-order valence-electron chi connectivity index (χ2n) is 6.52. The molecule has 0 saturated carbocycles. The largest absolute Gasteiger partial charge is 0.495 e. The predicted octanol–water partition coefficient (Wildman–Crippen LogP) is 5.88. The van der Waals surface area contributed by atoms with E-state index in [1.54, 1.807) is 37.5 Å². The zero-order chi connectivity index (χ0) is 22.8. The molecule has 0 heterocycles. The molecule has 0 radical (unpaired) electrons. The molecule has 2 rings (SSSR count). The predicted molar refractivity (Wildman–Crippen MR) is 136 cm³/mol. The van der Waals surface area contributed by atoms with Gasteiger partial charge in [-0.3, -0.25) is 14.9 Å². The van der Waals surface area contributed by atoms with Crippen LogP contribution in [0.4, 0.5) is 11.4 Å². The Hall–Kier alpha value is -2.23. The second kappa shape index (κ2) is 12.6. The Balaban J connectivity index is 1.96. The third-order valence-electron chi connectivity index (χ3n) is 4.05. The Morgan fingerprint density at radius 2 is 1.84 bits per heavy atom. The number of ether oxygens (including phenoxy) is 1. The van der Waals surface area contributed by atoms with Gasteiger partial charge in [0.05, 0.1) is 11.6 Å². The lowest BCUT2D eigenvalue weighted by molar-refractivity contribution is -0.116. The molecule has 164 valence electrons. The molecule has 2 aromatic carbocycles. The fourth-order valence-corrected chi connectivity index (χ4v) is 4.27. The number of anilines is 2. The van der Waals surface area contributed by atoms with E-state index in [0.717, 1.165) is 27.4 Å². The minimum absolute atomic E-state index is 0.0327. The number of hydrogen-bond acceptors (Lipinski definition) is 4. The first-order chi connectivity index (χ1) is 14.8. The van der Waals surface area contributed by atoms with Gasteiger partial charge in [-0.1, -0.05) is 35.3 Å². The van der Waals surface area contributed by atoms with Crippen molar-refractivity contribution in [2.75, 3.05) is 17.7 Å². The highest BCUT2D eigenvalue weighted by atomic mass is 79.9. The Kier molecular flexibility index (Phi) is 10.2. The summed E-state index contributed by atoms with van der Waals surface area (Å²) < 4.78 is 6.98. The minimum Gasteiger partial charge on any atom is -0.495 e. The van der Waals surface area contributed by atoms with Crippen LogP contribution in [0.15, 0.2) is 51.4 Å². The van der Waals surface area contributed by atoms with Crippen molar-refractivity contribution in [3.8, 4) is 5.75 Å². The maximum Gasteiger partial charge on any atom is 0.250 e. The molecule has 0 fully saturated rings. The second-order valence-corrected chi connectivity index (χ2v) is 8.70. The van der Waals surface area contributed by atoms with E-state index in [4.69, 9.17) is 17.0 Å². The van der Waals surface area contributed by atoms with Crippen LogP contribution in [0.25, 0.3) is 6.08 Å². The summed E-state index contributed by atoms with van der Waals surface area (Å²) in [6.07, 6.45) is 5.29. The first kappa shape index (κ1) is 25.0. The first-order valence-corrected chi connectivity index (χ1v) is 11.5. The van der Waals surface area contributed by atoms with E-state index in [0.29, 0.717) is 23.5 Å². The molecule has 6 nitrogen and oxygen atoms in total. The summed E-state index contributed by atoms with van der Waals surface area (Å²) in [6, 6.07) is 10.8. The van der Waals surface area contributed by atoms with Gasteiger partial charge in [-0.25, -0.2) is 0 Å². The maximum absolute atomic E-state index is 12.3. The van der Waals surface area contributed by atoms with E-state index >= 15 is 0 Å². The molecule has 0 spiro atoms. The zero-order valence-corrected chi connectivity index (χ0v) is 21.1. The molecule has 2 aromatic rings. The molecular weight excluding hydrogens is 546 g/mol. The van der Waals surface area contributed by atoms with Gasteiger partial charge in [0.2, 0.25) is 11.8 Å². The number of benzene rings is 2. The van der Waals surface area contributed by atoms with Crippen LogP contribution >= 0.6 is 44.1 Å². The number of halogens is 2. The number of carbonyl (C=O) groups excluding carboxylic acids is 2. The summed E-state index contributed by atoms with van der Waals surface area (Å²) in [5.74, 6) is 0.194. The monoisotopic (exact) mass is 567 g/mol. The average Bonchev–Trinajstić information content (AvgIpc) is 2.70. The van der Waals surface area contributed by atoms with Gasteiger partial charge in [0.1, 0.15) is 5.75 Å². The normalized spacial score (nSPS) is 10.6. The molecule has 0 aromatic heterocycles. The smallest absolute Gasteiger partial charge is 0.250 e. The maximum atomic E-state index is 12.3. The fraction of sp³-hybridized carbons (Fsp3) is 0.227. The highest BCUT2D eigenvalue weighted by Gasteiger charge is 2.08. The Morgan fingerprint density at radius 3 is 2.52 bits per heavy atom. The van der Waals surface area contributed by atoms with Crippen molar-refractivity contribution in [3.05, 3.63) is 57.0 Å². The summed E-state index contributed by atoms with van der Waals surface area (Å²) in [4.78, 5) is 24.1. The fourth-order valence-electron chi connectivity index (χ4n) is 2.64. The summed E-state index contributed by atoms with van der Waals surface area (Å²) in [6.45, 7) is 2.04. The number of unbranched alkanes of at least 4 members (excludes halogenated alkanes) is 1. The molecule has 31 heavy (non-hydrogen) atoms. The van der Waals surface area contributed by atoms with Crippen molar-refractivity contribution in [2.45, 2.75) is 26.2 Å². The van der Waals surface area contributed by atoms with Crippen molar-refractivity contribution in [2.24, 2.45) is 0 Å². The molecular formula is C22H23Br2N3O3S. The van der Waals surface area contributed by atoms with E-state index in [1.807, 2.05) is 19.1 Å². The molecule has 3 N–H and O–H groups in total. The number of rotatable bonds is 8. The van der Waals surface area contributed by atoms with Crippen LogP contribution in [0.3, 0.4) is 0 Å². The summed E-state index contributed by atoms with van der Waals surface area (Å²) in [7, 11) is 1.56.